The van der Waals surface area contributed by atoms with E-state index in [1.807, 2.05) is 0 Å². The van der Waals surface area contributed by atoms with Gasteiger partial charge in [-0.05, 0) is 31.4 Å². The number of para-hydroxylation sites is 1. The van der Waals surface area contributed by atoms with Crippen LogP contribution in [0.25, 0.3) is 0 Å². The van der Waals surface area contributed by atoms with E-state index >= 15 is 0 Å². The van der Waals surface area contributed by atoms with Crippen LogP contribution >= 0.6 is 0 Å². The molecule has 0 fully saturated rings. The van der Waals surface area contributed by atoms with E-state index in [1.165, 1.54) is 82.9 Å². The van der Waals surface area contributed by atoms with Crippen LogP contribution in [0.3, 0.4) is 0 Å². The predicted octanol–water partition coefficient (Wildman–Crippen LogP) is 6.94. The lowest BCUT2D eigenvalue weighted by atomic mass is 10.1. The summed E-state index contributed by atoms with van der Waals surface area (Å²) in [5, 5.41) is 0. The third kappa shape index (κ3) is 6.76. The molecule has 1 aromatic rings. The molecule has 0 spiro atoms. The first kappa shape index (κ1) is 19.9. The van der Waals surface area contributed by atoms with Gasteiger partial charge in [-0.3, -0.25) is 0 Å². The van der Waals surface area contributed by atoms with E-state index in [9.17, 15) is 0 Å². The summed E-state index contributed by atoms with van der Waals surface area (Å²) in [6.45, 7) is 5.78. The highest BCUT2D eigenvalue weighted by molar-refractivity contribution is 5.51. The summed E-state index contributed by atoms with van der Waals surface area (Å²) in [5.41, 5.74) is 1.32. The van der Waals surface area contributed by atoms with Gasteiger partial charge in [-0.15, -0.1) is 0 Å². The highest BCUT2D eigenvalue weighted by Crippen LogP contribution is 2.27. The normalized spacial score (nSPS) is 16.8. The van der Waals surface area contributed by atoms with E-state index in [1.54, 1.807) is 0 Å². The fraction of sp³-hybridized carbons (Fsp3) is 0.652. The summed E-state index contributed by atoms with van der Waals surface area (Å²) in [6, 6.07) is 10.8. The van der Waals surface area contributed by atoms with Crippen molar-refractivity contribution in [3.05, 3.63) is 42.7 Å². The first-order valence-electron chi connectivity index (χ1n) is 10.6. The van der Waals surface area contributed by atoms with Gasteiger partial charge >= 0.3 is 0 Å². The molecular weight excluding hydrogens is 304 g/mol. The second-order valence-electron chi connectivity index (χ2n) is 7.38. The van der Waals surface area contributed by atoms with E-state index in [2.05, 4.69) is 66.4 Å². The van der Waals surface area contributed by atoms with Crippen molar-refractivity contribution in [2.75, 3.05) is 11.4 Å². The molecule has 1 atom stereocenters. The van der Waals surface area contributed by atoms with Crippen LogP contribution in [0.1, 0.15) is 84.5 Å². The van der Waals surface area contributed by atoms with Crippen LogP contribution in [0.2, 0.25) is 0 Å². The summed E-state index contributed by atoms with van der Waals surface area (Å²) >= 11 is 0. The average molecular weight is 343 g/mol. The Hall–Kier alpha value is -1.44. The topological polar surface area (TPSA) is 6.48 Å². The number of rotatable bonds is 13. The third-order valence-electron chi connectivity index (χ3n) is 5.26. The maximum absolute atomic E-state index is 2.57. The summed E-state index contributed by atoms with van der Waals surface area (Å²) in [4.78, 5) is 5.03. The molecule has 2 heteroatoms. The van der Waals surface area contributed by atoms with Gasteiger partial charge in [0.05, 0.1) is 0 Å². The number of unbranched alkanes of at least 4 members (excludes halogenated alkanes) is 8. The van der Waals surface area contributed by atoms with E-state index in [-0.39, 0.29) is 0 Å². The van der Waals surface area contributed by atoms with E-state index < -0.39 is 0 Å². The maximum Gasteiger partial charge on any atom is 0.105 e. The van der Waals surface area contributed by atoms with Crippen LogP contribution in [-0.4, -0.2) is 17.6 Å². The molecule has 0 N–H and O–H groups in total. The Labute approximate surface area is 155 Å². The van der Waals surface area contributed by atoms with Gasteiger partial charge in [0.15, 0.2) is 0 Å². The molecule has 1 aliphatic heterocycles. The van der Waals surface area contributed by atoms with Crippen molar-refractivity contribution < 1.29 is 0 Å². The quantitative estimate of drug-likeness (QED) is 0.358. The fourth-order valence-electron chi connectivity index (χ4n) is 3.72. The minimum atomic E-state index is 0.506. The molecule has 1 heterocycles. The molecule has 0 bridgehead atoms. The second-order valence-corrected chi connectivity index (χ2v) is 7.38. The lowest BCUT2D eigenvalue weighted by Crippen LogP contribution is -2.39. The molecule has 0 aliphatic carbocycles. The molecule has 0 aromatic heterocycles. The fourth-order valence-corrected chi connectivity index (χ4v) is 3.72. The summed E-state index contributed by atoms with van der Waals surface area (Å²) < 4.78 is 0. The molecule has 1 aliphatic rings. The first-order valence-corrected chi connectivity index (χ1v) is 10.6. The molecule has 2 nitrogen and oxygen atoms in total. The summed E-state index contributed by atoms with van der Waals surface area (Å²) in [6.07, 6.45) is 20.0. The molecule has 140 valence electrons. The zero-order valence-corrected chi connectivity index (χ0v) is 16.5. The Kier molecular flexibility index (Phi) is 9.54. The van der Waals surface area contributed by atoms with Crippen molar-refractivity contribution in [1.82, 2.24) is 4.90 Å². The number of hydrogen-bond donors (Lipinski definition) is 0. The third-order valence-corrected chi connectivity index (χ3v) is 5.26. The molecule has 25 heavy (non-hydrogen) atoms. The maximum atomic E-state index is 2.57. The Morgan fingerprint density at radius 1 is 0.720 bits per heavy atom. The number of nitrogens with zero attached hydrogens (tertiary/aromatic N) is 2. The standard InChI is InChI=1S/C23H38N2/c1-3-5-7-8-9-10-11-15-19-24-20-21-25(23(24)18-6-4-2)22-16-13-12-14-17-22/h12-14,16-17,20-21,23H,3-11,15,18-19H2,1-2H3. The molecule has 0 saturated carbocycles. The molecular formula is C23H38N2. The molecule has 0 radical (unpaired) electrons. The van der Waals surface area contributed by atoms with Gasteiger partial charge in [-0.1, -0.05) is 83.4 Å². The lowest BCUT2D eigenvalue weighted by Gasteiger charge is -2.33. The van der Waals surface area contributed by atoms with Crippen molar-refractivity contribution >= 4 is 5.69 Å². The van der Waals surface area contributed by atoms with E-state index in [0.717, 1.165) is 0 Å². The minimum absolute atomic E-state index is 0.506. The zero-order chi connectivity index (χ0) is 17.7. The lowest BCUT2D eigenvalue weighted by molar-refractivity contribution is 0.274. The smallest absolute Gasteiger partial charge is 0.105 e. The molecule has 1 aromatic carbocycles. The second kappa shape index (κ2) is 12.0. The van der Waals surface area contributed by atoms with Crippen LogP contribution in [0, 0.1) is 0 Å². The Bertz CT molecular complexity index is 468. The van der Waals surface area contributed by atoms with E-state index in [0.29, 0.717) is 6.17 Å². The van der Waals surface area contributed by atoms with Crippen molar-refractivity contribution in [3.63, 3.8) is 0 Å². The molecule has 0 saturated heterocycles. The van der Waals surface area contributed by atoms with Gasteiger partial charge in [0, 0.05) is 24.6 Å². The van der Waals surface area contributed by atoms with Gasteiger partial charge in [0.25, 0.3) is 0 Å². The van der Waals surface area contributed by atoms with Crippen LogP contribution < -0.4 is 4.90 Å². The highest BCUT2D eigenvalue weighted by atomic mass is 15.4. The molecule has 0 amide bonds. The number of hydrogen-bond acceptors (Lipinski definition) is 2. The SMILES string of the molecule is CCCCCCCCCCN1C=CN(c2ccccc2)C1CCCC. The molecule has 1 unspecified atom stereocenters. The van der Waals surface area contributed by atoms with Crippen molar-refractivity contribution in [1.29, 1.82) is 0 Å². The van der Waals surface area contributed by atoms with Crippen molar-refractivity contribution in [2.45, 2.75) is 90.6 Å². The van der Waals surface area contributed by atoms with E-state index in [4.69, 9.17) is 0 Å². The minimum Gasteiger partial charge on any atom is -0.356 e. The zero-order valence-electron chi connectivity index (χ0n) is 16.5. The van der Waals surface area contributed by atoms with Crippen molar-refractivity contribution in [3.8, 4) is 0 Å². The van der Waals surface area contributed by atoms with Crippen LogP contribution in [0.4, 0.5) is 5.69 Å². The summed E-state index contributed by atoms with van der Waals surface area (Å²) in [7, 11) is 0. The van der Waals surface area contributed by atoms with Gasteiger partial charge in [0.1, 0.15) is 6.17 Å². The Morgan fingerprint density at radius 2 is 1.36 bits per heavy atom. The Morgan fingerprint density at radius 3 is 2.04 bits per heavy atom. The van der Waals surface area contributed by atoms with Crippen LogP contribution in [-0.2, 0) is 0 Å². The first-order chi connectivity index (χ1) is 12.4. The van der Waals surface area contributed by atoms with Crippen LogP contribution in [0.15, 0.2) is 42.7 Å². The van der Waals surface area contributed by atoms with Crippen LogP contribution in [0.5, 0.6) is 0 Å². The molecule has 2 rings (SSSR count). The van der Waals surface area contributed by atoms with Gasteiger partial charge in [-0.2, -0.15) is 0 Å². The van der Waals surface area contributed by atoms with Gasteiger partial charge in [-0.25, -0.2) is 0 Å². The monoisotopic (exact) mass is 342 g/mol. The van der Waals surface area contributed by atoms with Gasteiger partial charge < -0.3 is 9.80 Å². The average Bonchev–Trinajstić information content (AvgIpc) is 3.05. The summed E-state index contributed by atoms with van der Waals surface area (Å²) in [5.74, 6) is 0. The van der Waals surface area contributed by atoms with Gasteiger partial charge in [0.2, 0.25) is 0 Å². The Balaban J connectivity index is 1.74. The predicted molar refractivity (Wildman–Crippen MR) is 111 cm³/mol. The largest absolute Gasteiger partial charge is 0.356 e. The highest BCUT2D eigenvalue weighted by Gasteiger charge is 2.26. The number of anilines is 1. The van der Waals surface area contributed by atoms with Crippen molar-refractivity contribution in [2.24, 2.45) is 0 Å². The number of benzene rings is 1.